The zero-order chi connectivity index (χ0) is 25.4. The molecular formula is C25H21BrN6O2S2. The first-order valence-corrected chi connectivity index (χ1v) is 13.1. The highest BCUT2D eigenvalue weighted by Crippen LogP contribution is 2.36. The number of amides is 1. The summed E-state index contributed by atoms with van der Waals surface area (Å²) < 4.78 is 8.02. The van der Waals surface area contributed by atoms with E-state index in [0.29, 0.717) is 11.3 Å². The molecule has 0 aliphatic heterocycles. The number of halogens is 1. The van der Waals surface area contributed by atoms with E-state index >= 15 is 0 Å². The van der Waals surface area contributed by atoms with E-state index in [-0.39, 0.29) is 11.0 Å². The Balaban J connectivity index is 1.34. The molecule has 0 unspecified atom stereocenters. The SMILES string of the molecule is CCc1nnc2sc(-c3ccc(NC(=S)NC(=O)c4cc5ccccc5c(Br)c4OC)c(C)c3)nn12. The summed E-state index contributed by atoms with van der Waals surface area (Å²) in [6.07, 6.45) is 0.761. The highest BCUT2D eigenvalue weighted by atomic mass is 79.9. The van der Waals surface area contributed by atoms with Crippen LogP contribution < -0.4 is 15.4 Å². The molecule has 2 aromatic heterocycles. The van der Waals surface area contributed by atoms with Gasteiger partial charge in [0.25, 0.3) is 5.91 Å². The molecule has 11 heteroatoms. The Morgan fingerprint density at radius 2 is 2.00 bits per heavy atom. The van der Waals surface area contributed by atoms with Gasteiger partial charge in [0, 0.05) is 17.7 Å². The molecule has 5 aromatic rings. The molecule has 0 radical (unpaired) electrons. The Bertz CT molecular complexity index is 1640. The Labute approximate surface area is 224 Å². The molecule has 0 aliphatic rings. The van der Waals surface area contributed by atoms with Crippen molar-refractivity contribution in [1.82, 2.24) is 25.1 Å². The van der Waals surface area contributed by atoms with E-state index in [4.69, 9.17) is 17.0 Å². The van der Waals surface area contributed by atoms with Crippen LogP contribution in [0.3, 0.4) is 0 Å². The Morgan fingerprint density at radius 3 is 2.75 bits per heavy atom. The Morgan fingerprint density at radius 1 is 1.19 bits per heavy atom. The van der Waals surface area contributed by atoms with Gasteiger partial charge in [0.05, 0.1) is 17.1 Å². The third-order valence-corrected chi connectivity index (χ3v) is 7.65. The van der Waals surface area contributed by atoms with Gasteiger partial charge in [0.15, 0.2) is 10.9 Å². The van der Waals surface area contributed by atoms with Gasteiger partial charge in [-0.1, -0.05) is 42.5 Å². The molecule has 8 nitrogen and oxygen atoms in total. The van der Waals surface area contributed by atoms with Gasteiger partial charge >= 0.3 is 0 Å². The third-order valence-electron chi connectivity index (χ3n) is 5.71. The maximum Gasteiger partial charge on any atom is 0.261 e. The molecule has 2 heterocycles. The van der Waals surface area contributed by atoms with E-state index in [1.807, 2.05) is 56.3 Å². The fourth-order valence-electron chi connectivity index (χ4n) is 3.91. The van der Waals surface area contributed by atoms with Crippen LogP contribution >= 0.6 is 39.5 Å². The predicted molar refractivity (Wildman–Crippen MR) is 150 cm³/mol. The fraction of sp³-hybridized carbons (Fsp3) is 0.160. The van der Waals surface area contributed by atoms with E-state index in [0.717, 1.165) is 54.3 Å². The summed E-state index contributed by atoms with van der Waals surface area (Å²) in [7, 11) is 1.53. The van der Waals surface area contributed by atoms with Gasteiger partial charge in [0.2, 0.25) is 4.96 Å². The van der Waals surface area contributed by atoms with Crippen LogP contribution in [0.2, 0.25) is 0 Å². The smallest absolute Gasteiger partial charge is 0.261 e. The van der Waals surface area contributed by atoms with Crippen LogP contribution in [-0.4, -0.2) is 37.9 Å². The predicted octanol–water partition coefficient (Wildman–Crippen LogP) is 5.77. The molecule has 0 saturated carbocycles. The molecular weight excluding hydrogens is 560 g/mol. The summed E-state index contributed by atoms with van der Waals surface area (Å²) in [6, 6.07) is 15.5. The summed E-state index contributed by atoms with van der Waals surface area (Å²) in [5, 5.41) is 21.8. The van der Waals surface area contributed by atoms with Crippen molar-refractivity contribution in [2.75, 3.05) is 12.4 Å². The highest BCUT2D eigenvalue weighted by molar-refractivity contribution is 9.10. The molecule has 1 amide bonds. The first kappa shape index (κ1) is 24.3. The van der Waals surface area contributed by atoms with Crippen molar-refractivity contribution in [3.8, 4) is 16.3 Å². The van der Waals surface area contributed by atoms with Crippen molar-refractivity contribution < 1.29 is 9.53 Å². The number of aromatic nitrogens is 4. The van der Waals surface area contributed by atoms with Gasteiger partial charge in [-0.05, 0) is 75.7 Å². The number of fused-ring (bicyclic) bond motifs is 2. The molecule has 0 bridgehead atoms. The van der Waals surface area contributed by atoms with Crippen LogP contribution in [0, 0.1) is 6.92 Å². The van der Waals surface area contributed by atoms with Crippen LogP contribution in [-0.2, 0) is 6.42 Å². The van der Waals surface area contributed by atoms with E-state index in [9.17, 15) is 4.79 Å². The van der Waals surface area contributed by atoms with Crippen LogP contribution in [0.25, 0.3) is 26.3 Å². The number of carbonyl (C=O) groups is 1. The molecule has 2 N–H and O–H groups in total. The number of rotatable bonds is 5. The second-order valence-corrected chi connectivity index (χ2v) is 10.2. The molecule has 0 aliphatic carbocycles. The molecule has 36 heavy (non-hydrogen) atoms. The number of benzene rings is 3. The lowest BCUT2D eigenvalue weighted by atomic mass is 10.1. The van der Waals surface area contributed by atoms with Gasteiger partial charge in [0.1, 0.15) is 10.8 Å². The van der Waals surface area contributed by atoms with Crippen molar-refractivity contribution in [2.45, 2.75) is 20.3 Å². The van der Waals surface area contributed by atoms with Crippen LogP contribution in [0.5, 0.6) is 5.75 Å². The number of aryl methyl sites for hydroxylation is 2. The molecule has 0 saturated heterocycles. The number of nitrogens with one attached hydrogen (secondary N) is 2. The quantitative estimate of drug-likeness (QED) is 0.255. The monoisotopic (exact) mass is 580 g/mol. The van der Waals surface area contributed by atoms with Gasteiger partial charge in [-0.25, -0.2) is 0 Å². The number of nitrogens with zero attached hydrogens (tertiary/aromatic N) is 4. The Hall–Kier alpha value is -3.41. The molecule has 0 spiro atoms. The average Bonchev–Trinajstić information content (AvgIpc) is 3.46. The largest absolute Gasteiger partial charge is 0.495 e. The summed E-state index contributed by atoms with van der Waals surface area (Å²) in [5.74, 6) is 0.918. The summed E-state index contributed by atoms with van der Waals surface area (Å²) in [5.41, 5.74) is 3.09. The van der Waals surface area contributed by atoms with Crippen LogP contribution in [0.15, 0.2) is 53.0 Å². The first-order chi connectivity index (χ1) is 17.4. The van der Waals surface area contributed by atoms with E-state index in [2.05, 4.69) is 41.9 Å². The van der Waals surface area contributed by atoms with Gasteiger partial charge in [-0.15, -0.1) is 10.2 Å². The van der Waals surface area contributed by atoms with E-state index < -0.39 is 0 Å². The van der Waals surface area contributed by atoms with Gasteiger partial charge < -0.3 is 10.1 Å². The molecule has 182 valence electrons. The molecule has 0 fully saturated rings. The minimum Gasteiger partial charge on any atom is -0.495 e. The van der Waals surface area contributed by atoms with E-state index in [1.54, 1.807) is 10.6 Å². The lowest BCUT2D eigenvalue weighted by molar-refractivity contribution is 0.0975. The van der Waals surface area contributed by atoms with Crippen molar-refractivity contribution in [3.05, 3.63) is 70.0 Å². The number of hydrogen-bond acceptors (Lipinski definition) is 7. The number of hydrogen-bond donors (Lipinski definition) is 2. The average molecular weight is 582 g/mol. The molecule has 0 atom stereocenters. The topological polar surface area (TPSA) is 93.4 Å². The highest BCUT2D eigenvalue weighted by Gasteiger charge is 2.19. The number of anilines is 1. The zero-order valence-electron chi connectivity index (χ0n) is 19.6. The number of ether oxygens (including phenoxy) is 1. The van der Waals surface area contributed by atoms with Crippen molar-refractivity contribution in [2.24, 2.45) is 0 Å². The van der Waals surface area contributed by atoms with Gasteiger partial charge in [-0.2, -0.15) is 9.61 Å². The molecule has 3 aromatic carbocycles. The van der Waals surface area contributed by atoms with Crippen molar-refractivity contribution in [1.29, 1.82) is 0 Å². The van der Waals surface area contributed by atoms with Crippen LogP contribution in [0.4, 0.5) is 5.69 Å². The minimum atomic E-state index is -0.364. The number of carbonyl (C=O) groups excluding carboxylic acids is 1. The number of methoxy groups -OCH3 is 1. The van der Waals surface area contributed by atoms with Crippen LogP contribution in [0.1, 0.15) is 28.7 Å². The van der Waals surface area contributed by atoms with E-state index in [1.165, 1.54) is 18.4 Å². The Kier molecular flexibility index (Phi) is 6.69. The van der Waals surface area contributed by atoms with Crippen molar-refractivity contribution >= 4 is 71.9 Å². The summed E-state index contributed by atoms with van der Waals surface area (Å²) >= 11 is 10.5. The standard InChI is InChI=1S/C25H21BrN6O2S2/c1-4-19-29-30-25-32(19)31-23(36-25)15-9-10-18(13(2)11-15)27-24(35)28-22(33)17-12-14-7-5-6-8-16(14)20(26)21(17)34-3/h5-12H,4H2,1-3H3,(H2,27,28,33,35). The minimum absolute atomic E-state index is 0.188. The maximum atomic E-state index is 13.1. The summed E-state index contributed by atoms with van der Waals surface area (Å²) in [6.45, 7) is 3.99. The normalized spacial score (nSPS) is 11.1. The van der Waals surface area contributed by atoms with Gasteiger partial charge in [-0.3, -0.25) is 10.1 Å². The maximum absolute atomic E-state index is 13.1. The lowest BCUT2D eigenvalue weighted by Crippen LogP contribution is -2.34. The second-order valence-electron chi connectivity index (χ2n) is 8.00. The molecule has 5 rings (SSSR count). The first-order valence-electron chi connectivity index (χ1n) is 11.1. The lowest BCUT2D eigenvalue weighted by Gasteiger charge is -2.15. The second kappa shape index (κ2) is 9.92. The van der Waals surface area contributed by atoms with Crippen molar-refractivity contribution in [3.63, 3.8) is 0 Å². The number of thiocarbonyl (C=S) groups is 1. The fourth-order valence-corrected chi connectivity index (χ4v) is 5.70. The third kappa shape index (κ3) is 4.45. The summed E-state index contributed by atoms with van der Waals surface area (Å²) in [4.78, 5) is 13.9. The zero-order valence-corrected chi connectivity index (χ0v) is 22.8.